The number of carbonyl (C=O) groups excluding carboxylic acids is 3. The molecule has 0 bridgehead atoms. The molecule has 0 spiro atoms. The van der Waals surface area contributed by atoms with Gasteiger partial charge in [-0.1, -0.05) is 29.8 Å². The van der Waals surface area contributed by atoms with Gasteiger partial charge < -0.3 is 15.4 Å². The molecular weight excluding hydrogens is 425 g/mol. The summed E-state index contributed by atoms with van der Waals surface area (Å²) in [5.41, 5.74) is 0.374. The van der Waals surface area contributed by atoms with Crippen molar-refractivity contribution in [2.45, 2.75) is 18.9 Å². The van der Waals surface area contributed by atoms with Gasteiger partial charge in [0.15, 0.2) is 0 Å². The summed E-state index contributed by atoms with van der Waals surface area (Å²) >= 11 is 6.08. The Morgan fingerprint density at radius 3 is 2.71 bits per heavy atom. The maximum Gasteiger partial charge on any atom is 0.283 e. The molecule has 2 heterocycles. The van der Waals surface area contributed by atoms with Gasteiger partial charge in [-0.25, -0.2) is 9.29 Å². The molecule has 2 aliphatic rings. The summed E-state index contributed by atoms with van der Waals surface area (Å²) in [6.45, 7) is 1.12. The van der Waals surface area contributed by atoms with E-state index in [2.05, 4.69) is 10.6 Å². The molecule has 2 aliphatic heterocycles. The van der Waals surface area contributed by atoms with E-state index in [0.717, 1.165) is 18.9 Å². The fraction of sp³-hybridized carbons (Fsp3) is 0.227. The van der Waals surface area contributed by atoms with Crippen LogP contribution < -0.4 is 15.5 Å². The van der Waals surface area contributed by atoms with Gasteiger partial charge >= 0.3 is 0 Å². The summed E-state index contributed by atoms with van der Waals surface area (Å²) in [6, 6.07) is 11.8. The van der Waals surface area contributed by atoms with Gasteiger partial charge in [0.05, 0.1) is 11.8 Å². The van der Waals surface area contributed by atoms with Crippen LogP contribution >= 0.6 is 11.6 Å². The van der Waals surface area contributed by atoms with Crippen LogP contribution in [0, 0.1) is 5.82 Å². The van der Waals surface area contributed by atoms with Crippen molar-refractivity contribution in [1.29, 1.82) is 0 Å². The molecule has 4 rings (SSSR count). The lowest BCUT2D eigenvalue weighted by molar-refractivity contribution is -0.120. The molecule has 1 atom stereocenters. The van der Waals surface area contributed by atoms with E-state index in [-0.39, 0.29) is 28.4 Å². The predicted molar refractivity (Wildman–Crippen MR) is 113 cm³/mol. The zero-order valence-electron chi connectivity index (χ0n) is 16.4. The number of hydrogen-bond donors (Lipinski definition) is 2. The number of para-hydroxylation sites is 1. The lowest BCUT2D eigenvalue weighted by atomic mass is 10.1. The normalized spacial score (nSPS) is 18.6. The molecular formula is C22H19ClFN3O4. The average Bonchev–Trinajstić information content (AvgIpc) is 3.36. The van der Waals surface area contributed by atoms with Crippen molar-refractivity contribution < 1.29 is 23.5 Å². The van der Waals surface area contributed by atoms with Gasteiger partial charge in [0.1, 0.15) is 16.5 Å². The molecule has 1 fully saturated rings. The number of rotatable bonds is 6. The van der Waals surface area contributed by atoms with E-state index in [4.69, 9.17) is 16.3 Å². The first-order chi connectivity index (χ1) is 15.0. The van der Waals surface area contributed by atoms with Crippen LogP contribution in [0.5, 0.6) is 0 Å². The molecule has 31 heavy (non-hydrogen) atoms. The number of halogens is 2. The van der Waals surface area contributed by atoms with Gasteiger partial charge in [-0.3, -0.25) is 14.4 Å². The van der Waals surface area contributed by atoms with Crippen molar-refractivity contribution in [1.82, 2.24) is 5.32 Å². The van der Waals surface area contributed by atoms with Crippen LogP contribution in [0.4, 0.5) is 15.8 Å². The van der Waals surface area contributed by atoms with E-state index in [1.54, 1.807) is 18.2 Å². The number of nitrogens with one attached hydrogen (secondary N) is 2. The lowest BCUT2D eigenvalue weighted by Crippen LogP contribution is -2.33. The molecule has 7 nitrogen and oxygen atoms in total. The van der Waals surface area contributed by atoms with Crippen molar-refractivity contribution in [3.63, 3.8) is 0 Å². The second-order valence-corrected chi connectivity index (χ2v) is 7.51. The van der Waals surface area contributed by atoms with Gasteiger partial charge in [0.2, 0.25) is 0 Å². The van der Waals surface area contributed by atoms with Gasteiger partial charge in [-0.15, -0.1) is 0 Å². The highest BCUT2D eigenvalue weighted by Crippen LogP contribution is 2.31. The van der Waals surface area contributed by atoms with Crippen molar-refractivity contribution in [2.24, 2.45) is 0 Å². The number of ether oxygens (including phenoxy) is 1. The van der Waals surface area contributed by atoms with E-state index in [9.17, 15) is 18.8 Å². The van der Waals surface area contributed by atoms with E-state index >= 15 is 0 Å². The first-order valence-electron chi connectivity index (χ1n) is 9.75. The molecule has 9 heteroatoms. The van der Waals surface area contributed by atoms with E-state index < -0.39 is 17.6 Å². The molecule has 3 amide bonds. The second-order valence-electron chi connectivity index (χ2n) is 7.14. The third-order valence-electron chi connectivity index (χ3n) is 5.03. The Labute approximate surface area is 182 Å². The minimum atomic E-state index is -0.829. The van der Waals surface area contributed by atoms with Gasteiger partial charge in [0, 0.05) is 24.4 Å². The highest BCUT2D eigenvalue weighted by Gasteiger charge is 2.40. The summed E-state index contributed by atoms with van der Waals surface area (Å²) < 4.78 is 19.6. The largest absolute Gasteiger partial charge is 0.376 e. The number of carbonyl (C=O) groups is 3. The van der Waals surface area contributed by atoms with Gasteiger partial charge in [0.25, 0.3) is 17.7 Å². The van der Waals surface area contributed by atoms with Crippen molar-refractivity contribution in [3.05, 3.63) is 70.6 Å². The Morgan fingerprint density at radius 1 is 1.16 bits per heavy atom. The molecule has 2 aromatic rings. The molecule has 160 valence electrons. The van der Waals surface area contributed by atoms with Crippen LogP contribution in [0.2, 0.25) is 0 Å². The molecule has 2 aromatic carbocycles. The van der Waals surface area contributed by atoms with Crippen molar-refractivity contribution in [3.8, 4) is 0 Å². The number of nitrogens with zero attached hydrogens (tertiary/aromatic N) is 1. The van der Waals surface area contributed by atoms with Crippen molar-refractivity contribution in [2.75, 3.05) is 23.4 Å². The second kappa shape index (κ2) is 8.87. The lowest BCUT2D eigenvalue weighted by Gasteiger charge is -2.16. The number of benzene rings is 2. The minimum Gasteiger partial charge on any atom is -0.376 e. The SMILES string of the molecule is O=C(NCC1CCCO1)c1cccc(NC2=C(Cl)C(=O)N(c3ccccc3F)C2=O)c1. The summed E-state index contributed by atoms with van der Waals surface area (Å²) in [4.78, 5) is 38.4. The third-order valence-corrected chi connectivity index (χ3v) is 5.38. The Kier molecular flexibility index (Phi) is 6.01. The quantitative estimate of drug-likeness (QED) is 0.669. The molecule has 1 unspecified atom stereocenters. The molecule has 0 radical (unpaired) electrons. The third kappa shape index (κ3) is 4.30. The van der Waals surface area contributed by atoms with E-state index in [0.29, 0.717) is 29.3 Å². The van der Waals surface area contributed by atoms with E-state index in [1.165, 1.54) is 24.3 Å². The van der Waals surface area contributed by atoms with Crippen LogP contribution in [-0.4, -0.2) is 37.0 Å². The first kappa shape index (κ1) is 21.0. The molecule has 1 saturated heterocycles. The summed E-state index contributed by atoms with van der Waals surface area (Å²) in [5.74, 6) is -2.63. The number of anilines is 2. The predicted octanol–water partition coefficient (Wildman–Crippen LogP) is 3.17. The van der Waals surface area contributed by atoms with Crippen LogP contribution in [0.1, 0.15) is 23.2 Å². The maximum absolute atomic E-state index is 14.1. The summed E-state index contributed by atoms with van der Waals surface area (Å²) in [5, 5.41) is 5.25. The van der Waals surface area contributed by atoms with Crippen molar-refractivity contribution >= 4 is 40.7 Å². The Hall–Kier alpha value is -3.23. The maximum atomic E-state index is 14.1. The number of imide groups is 1. The van der Waals surface area contributed by atoms with Crippen LogP contribution in [0.3, 0.4) is 0 Å². The Balaban J connectivity index is 1.49. The monoisotopic (exact) mass is 443 g/mol. The standard InChI is InChI=1S/C22H19ClFN3O4/c23-18-19(22(30)27(21(18)29)17-9-2-1-8-16(17)24)26-14-6-3-5-13(11-14)20(28)25-12-15-7-4-10-31-15/h1-3,5-6,8-9,11,15,26H,4,7,10,12H2,(H,25,28). The Morgan fingerprint density at radius 2 is 1.97 bits per heavy atom. The van der Waals surface area contributed by atoms with E-state index in [1.807, 2.05) is 0 Å². The van der Waals surface area contributed by atoms with Gasteiger partial charge in [-0.05, 0) is 43.2 Å². The zero-order valence-corrected chi connectivity index (χ0v) is 17.1. The van der Waals surface area contributed by atoms with Crippen LogP contribution in [-0.2, 0) is 14.3 Å². The smallest absolute Gasteiger partial charge is 0.283 e. The van der Waals surface area contributed by atoms with Crippen LogP contribution in [0.15, 0.2) is 59.3 Å². The van der Waals surface area contributed by atoms with Gasteiger partial charge in [-0.2, -0.15) is 0 Å². The fourth-order valence-corrected chi connectivity index (χ4v) is 3.67. The first-order valence-corrected chi connectivity index (χ1v) is 10.1. The molecule has 0 aromatic heterocycles. The minimum absolute atomic E-state index is 0.0145. The highest BCUT2D eigenvalue weighted by molar-refractivity contribution is 6.53. The number of hydrogen-bond acceptors (Lipinski definition) is 5. The topological polar surface area (TPSA) is 87.7 Å². The molecule has 2 N–H and O–H groups in total. The Bertz CT molecular complexity index is 1080. The number of amides is 3. The summed E-state index contributed by atoms with van der Waals surface area (Å²) in [7, 11) is 0. The molecule has 0 saturated carbocycles. The zero-order chi connectivity index (χ0) is 22.0. The fourth-order valence-electron chi connectivity index (χ4n) is 3.46. The van der Waals surface area contributed by atoms with Crippen LogP contribution in [0.25, 0.3) is 0 Å². The average molecular weight is 444 g/mol. The molecule has 0 aliphatic carbocycles. The summed E-state index contributed by atoms with van der Waals surface area (Å²) in [6.07, 6.45) is 1.90. The highest BCUT2D eigenvalue weighted by atomic mass is 35.5.